The predicted octanol–water partition coefficient (Wildman–Crippen LogP) is 6.01. The molecule has 1 amide bonds. The first-order valence-electron chi connectivity index (χ1n) is 9.07. The molecular weight excluding hydrogens is 428 g/mol. The molecule has 0 unspecified atom stereocenters. The van der Waals surface area contributed by atoms with Gasteiger partial charge in [-0.3, -0.25) is 4.98 Å². The van der Waals surface area contributed by atoms with E-state index in [1.165, 1.54) is 5.56 Å². The highest BCUT2D eigenvalue weighted by atomic mass is 79.9. The minimum atomic E-state index is -0.512. The van der Waals surface area contributed by atoms with E-state index in [1.807, 2.05) is 51.2 Å². The molecule has 144 valence electrons. The molecule has 1 aliphatic rings. The molecule has 6 heteroatoms. The molecule has 2 atom stereocenters. The van der Waals surface area contributed by atoms with Crippen LogP contribution in [0.15, 0.2) is 47.2 Å². The third-order valence-electron chi connectivity index (χ3n) is 4.74. The first-order chi connectivity index (χ1) is 12.7. The zero-order chi connectivity index (χ0) is 19.6. The molecule has 1 aliphatic heterocycles. The molecule has 0 N–H and O–H groups in total. The number of hydrogen-bond acceptors (Lipinski definition) is 3. The minimum Gasteiger partial charge on any atom is -0.444 e. The molecule has 2 aromatic rings. The van der Waals surface area contributed by atoms with E-state index >= 15 is 0 Å². The summed E-state index contributed by atoms with van der Waals surface area (Å²) < 4.78 is 6.52. The maximum absolute atomic E-state index is 12.6. The molecule has 1 aromatic heterocycles. The molecule has 27 heavy (non-hydrogen) atoms. The van der Waals surface area contributed by atoms with Gasteiger partial charge in [0, 0.05) is 40.9 Å². The van der Waals surface area contributed by atoms with E-state index in [4.69, 9.17) is 16.3 Å². The van der Waals surface area contributed by atoms with Crippen LogP contribution in [-0.4, -0.2) is 34.7 Å². The van der Waals surface area contributed by atoms with Crippen molar-refractivity contribution in [2.24, 2.45) is 0 Å². The van der Waals surface area contributed by atoms with Gasteiger partial charge in [-0.1, -0.05) is 39.7 Å². The first-order valence-corrected chi connectivity index (χ1v) is 10.2. The summed E-state index contributed by atoms with van der Waals surface area (Å²) in [6.45, 7) is 6.87. The molecule has 2 heterocycles. The molecule has 0 saturated carbocycles. The largest absolute Gasteiger partial charge is 0.444 e. The number of carbonyl (C=O) groups excluding carboxylic acids is 1. The minimum absolute atomic E-state index is 0.0797. The smallest absolute Gasteiger partial charge is 0.410 e. The molecule has 1 aromatic carbocycles. The quantitative estimate of drug-likeness (QED) is 0.562. The zero-order valence-electron chi connectivity index (χ0n) is 15.8. The normalized spacial score (nSPS) is 20.4. The molecule has 1 fully saturated rings. The fraction of sp³-hybridized carbons (Fsp3) is 0.429. The van der Waals surface area contributed by atoms with Crippen LogP contribution in [0.4, 0.5) is 4.79 Å². The second-order valence-electron chi connectivity index (χ2n) is 7.88. The average Bonchev–Trinajstić information content (AvgIpc) is 2.60. The van der Waals surface area contributed by atoms with E-state index in [2.05, 4.69) is 27.0 Å². The van der Waals surface area contributed by atoms with E-state index in [9.17, 15) is 4.79 Å². The molecule has 0 bridgehead atoms. The van der Waals surface area contributed by atoms with Crippen molar-refractivity contribution in [3.05, 3.63) is 63.3 Å². The fourth-order valence-electron chi connectivity index (χ4n) is 3.56. The van der Waals surface area contributed by atoms with Crippen LogP contribution in [0, 0.1) is 0 Å². The molecule has 0 spiro atoms. The lowest BCUT2D eigenvalue weighted by atomic mass is 9.77. The van der Waals surface area contributed by atoms with Gasteiger partial charge in [-0.25, -0.2) is 4.79 Å². The number of rotatable bonds is 2. The van der Waals surface area contributed by atoms with E-state index in [0.29, 0.717) is 18.1 Å². The number of ether oxygens (including phenoxy) is 1. The maximum Gasteiger partial charge on any atom is 0.410 e. The van der Waals surface area contributed by atoms with Gasteiger partial charge in [0.2, 0.25) is 0 Å². The van der Waals surface area contributed by atoms with Gasteiger partial charge in [-0.05, 0) is 62.4 Å². The van der Waals surface area contributed by atoms with E-state index in [-0.39, 0.29) is 17.9 Å². The number of hydrogen-bond donors (Lipinski definition) is 0. The van der Waals surface area contributed by atoms with Gasteiger partial charge in [0.05, 0.1) is 0 Å². The average molecular weight is 452 g/mol. The Morgan fingerprint density at radius 2 is 2.07 bits per heavy atom. The summed E-state index contributed by atoms with van der Waals surface area (Å²) in [5, 5.41) is 0.703. The van der Waals surface area contributed by atoms with Crippen molar-refractivity contribution in [3.63, 3.8) is 0 Å². The van der Waals surface area contributed by atoms with Crippen molar-refractivity contribution in [2.45, 2.75) is 44.6 Å². The second-order valence-corrected chi connectivity index (χ2v) is 9.20. The van der Waals surface area contributed by atoms with Crippen molar-refractivity contribution < 1.29 is 9.53 Å². The lowest BCUT2D eigenvalue weighted by Gasteiger charge is -2.39. The Labute approximate surface area is 174 Å². The Morgan fingerprint density at radius 1 is 1.30 bits per heavy atom. The summed E-state index contributed by atoms with van der Waals surface area (Å²) >= 11 is 10.0. The van der Waals surface area contributed by atoms with Crippen LogP contribution >= 0.6 is 27.5 Å². The molecule has 3 rings (SSSR count). The van der Waals surface area contributed by atoms with Gasteiger partial charge >= 0.3 is 6.09 Å². The van der Waals surface area contributed by atoms with Gasteiger partial charge in [-0.2, -0.15) is 0 Å². The van der Waals surface area contributed by atoms with E-state index in [1.54, 1.807) is 11.1 Å². The van der Waals surface area contributed by atoms with Crippen molar-refractivity contribution in [2.75, 3.05) is 13.1 Å². The van der Waals surface area contributed by atoms with Crippen molar-refractivity contribution in [3.8, 4) is 0 Å². The number of piperidine rings is 1. The summed E-state index contributed by atoms with van der Waals surface area (Å²) in [6, 6.07) is 9.99. The Kier molecular flexibility index (Phi) is 6.11. The van der Waals surface area contributed by atoms with Crippen LogP contribution in [0.25, 0.3) is 0 Å². The second kappa shape index (κ2) is 8.19. The van der Waals surface area contributed by atoms with Crippen molar-refractivity contribution in [1.29, 1.82) is 0 Å². The van der Waals surface area contributed by atoms with Crippen LogP contribution < -0.4 is 0 Å². The number of halogens is 2. The summed E-state index contributed by atoms with van der Waals surface area (Å²) in [5.41, 5.74) is 1.70. The van der Waals surface area contributed by atoms with Gasteiger partial charge in [0.1, 0.15) is 5.60 Å². The van der Waals surface area contributed by atoms with Crippen LogP contribution in [-0.2, 0) is 4.74 Å². The Hall–Kier alpha value is -1.59. The van der Waals surface area contributed by atoms with Crippen LogP contribution in [0.1, 0.15) is 50.2 Å². The molecule has 0 radical (unpaired) electrons. The van der Waals surface area contributed by atoms with Gasteiger partial charge in [-0.15, -0.1) is 0 Å². The Morgan fingerprint density at radius 3 is 2.70 bits per heavy atom. The summed E-state index contributed by atoms with van der Waals surface area (Å²) in [4.78, 5) is 18.7. The fourth-order valence-corrected chi connectivity index (χ4v) is 4.37. The number of likely N-dealkylation sites (tertiary alicyclic amines) is 1. The maximum atomic E-state index is 12.6. The third kappa shape index (κ3) is 5.02. The summed E-state index contributed by atoms with van der Waals surface area (Å²) in [7, 11) is 0. The highest BCUT2D eigenvalue weighted by molar-refractivity contribution is 9.10. The zero-order valence-corrected chi connectivity index (χ0v) is 18.1. The number of aromatic nitrogens is 1. The monoisotopic (exact) mass is 450 g/mol. The van der Waals surface area contributed by atoms with E-state index in [0.717, 1.165) is 16.5 Å². The number of amides is 1. The van der Waals surface area contributed by atoms with Crippen LogP contribution in [0.3, 0.4) is 0 Å². The molecule has 1 saturated heterocycles. The third-order valence-corrected chi connectivity index (χ3v) is 5.56. The predicted molar refractivity (Wildman–Crippen MR) is 111 cm³/mol. The SMILES string of the molecule is CC(C)(C)OC(=O)N1CC[C@@H](c2cccnc2)[C@H](c2ccc(Br)cc2Cl)C1. The number of pyridine rings is 1. The number of benzene rings is 1. The number of nitrogens with zero attached hydrogens (tertiary/aromatic N) is 2. The lowest BCUT2D eigenvalue weighted by Crippen LogP contribution is -2.44. The molecule has 4 nitrogen and oxygen atoms in total. The van der Waals surface area contributed by atoms with Gasteiger partial charge < -0.3 is 9.64 Å². The van der Waals surface area contributed by atoms with Gasteiger partial charge in [0.25, 0.3) is 0 Å². The standard InChI is InChI=1S/C21H24BrClN2O2/c1-21(2,3)27-20(26)25-10-8-16(14-5-4-9-24-12-14)18(13-25)17-7-6-15(22)11-19(17)23/h4-7,9,11-12,16,18H,8,10,13H2,1-3H3/t16-,18+/m0/s1. The summed E-state index contributed by atoms with van der Waals surface area (Å²) in [5.74, 6) is 0.326. The van der Waals surface area contributed by atoms with Crippen LogP contribution in [0.5, 0.6) is 0 Å². The van der Waals surface area contributed by atoms with Crippen molar-refractivity contribution in [1.82, 2.24) is 9.88 Å². The number of carbonyl (C=O) groups is 1. The van der Waals surface area contributed by atoms with Gasteiger partial charge in [0.15, 0.2) is 0 Å². The Balaban J connectivity index is 1.92. The molecular formula is C21H24BrClN2O2. The first kappa shape index (κ1) is 20.2. The lowest BCUT2D eigenvalue weighted by molar-refractivity contribution is 0.0184. The highest BCUT2D eigenvalue weighted by Gasteiger charge is 2.36. The summed E-state index contributed by atoms with van der Waals surface area (Å²) in [6.07, 6.45) is 4.25. The van der Waals surface area contributed by atoms with E-state index < -0.39 is 5.60 Å². The highest BCUT2D eigenvalue weighted by Crippen LogP contribution is 2.42. The Bertz CT molecular complexity index is 808. The molecule has 0 aliphatic carbocycles. The topological polar surface area (TPSA) is 42.4 Å². The van der Waals surface area contributed by atoms with Crippen molar-refractivity contribution >= 4 is 33.6 Å². The van der Waals surface area contributed by atoms with Crippen LogP contribution in [0.2, 0.25) is 5.02 Å².